The normalized spacial score (nSPS) is 17.4. The molecule has 0 amide bonds. The van der Waals surface area contributed by atoms with Crippen LogP contribution in [0.25, 0.3) is 11.3 Å². The van der Waals surface area contributed by atoms with Crippen molar-refractivity contribution in [3.8, 4) is 17.4 Å². The molecule has 3 heterocycles. The summed E-state index contributed by atoms with van der Waals surface area (Å²) >= 11 is 1.12. The summed E-state index contributed by atoms with van der Waals surface area (Å²) < 4.78 is 11.4. The van der Waals surface area contributed by atoms with E-state index < -0.39 is 16.9 Å². The fourth-order valence-corrected chi connectivity index (χ4v) is 4.78. The molecule has 1 atom stereocenters. The summed E-state index contributed by atoms with van der Waals surface area (Å²) in [6.45, 7) is 3.83. The van der Waals surface area contributed by atoms with Gasteiger partial charge in [-0.2, -0.15) is 5.26 Å². The molecule has 1 aromatic heterocycles. The Kier molecular flexibility index (Phi) is 6.43. The van der Waals surface area contributed by atoms with Crippen LogP contribution in [0.1, 0.15) is 38.5 Å². The minimum atomic E-state index is -0.844. The van der Waals surface area contributed by atoms with Crippen LogP contribution in [0.2, 0.25) is 0 Å². The summed E-state index contributed by atoms with van der Waals surface area (Å²) in [5.41, 5.74) is 7.27. The van der Waals surface area contributed by atoms with E-state index in [1.54, 1.807) is 42.2 Å². The second kappa shape index (κ2) is 9.44. The maximum atomic E-state index is 13.1. The Bertz CT molecular complexity index is 1300. The number of hydrogen-bond acceptors (Lipinski definition) is 10. The molecule has 2 N–H and O–H groups in total. The lowest BCUT2D eigenvalue weighted by molar-refractivity contribution is -0.384. The van der Waals surface area contributed by atoms with Gasteiger partial charge in [0.2, 0.25) is 0 Å². The molecule has 2 aliphatic heterocycles. The van der Waals surface area contributed by atoms with Crippen LogP contribution >= 0.6 is 11.8 Å². The summed E-state index contributed by atoms with van der Waals surface area (Å²) in [7, 11) is 0. The number of thioether (sulfide) groups is 1. The van der Waals surface area contributed by atoms with Crippen molar-refractivity contribution in [1.82, 2.24) is 4.90 Å². The zero-order chi connectivity index (χ0) is 24.4. The number of nitrogens with zero attached hydrogens (tertiary/aromatic N) is 4. The molecule has 2 aromatic rings. The van der Waals surface area contributed by atoms with Crippen molar-refractivity contribution >= 4 is 28.6 Å². The number of para-hydroxylation sites is 1. The van der Waals surface area contributed by atoms with E-state index in [1.807, 2.05) is 6.92 Å². The van der Waals surface area contributed by atoms with Gasteiger partial charge in [-0.25, -0.2) is 9.79 Å². The molecule has 174 valence electrons. The van der Waals surface area contributed by atoms with E-state index in [2.05, 4.69) is 11.1 Å². The Labute approximate surface area is 199 Å². The second-order valence-corrected chi connectivity index (χ2v) is 8.38. The Morgan fingerprint density at radius 1 is 1.35 bits per heavy atom. The van der Waals surface area contributed by atoms with Gasteiger partial charge in [0, 0.05) is 6.07 Å². The van der Waals surface area contributed by atoms with Gasteiger partial charge in [-0.1, -0.05) is 25.5 Å². The third kappa shape index (κ3) is 3.92. The van der Waals surface area contributed by atoms with Crippen molar-refractivity contribution in [3.05, 3.63) is 74.3 Å². The number of amidine groups is 1. The van der Waals surface area contributed by atoms with Crippen LogP contribution in [-0.2, 0) is 9.53 Å². The molecular formula is C23H21N5O5S. The first kappa shape index (κ1) is 23.1. The van der Waals surface area contributed by atoms with Crippen molar-refractivity contribution in [2.75, 3.05) is 6.61 Å². The molecule has 10 nitrogen and oxygen atoms in total. The number of allylic oxidation sites excluding steroid dienone is 2. The van der Waals surface area contributed by atoms with E-state index in [9.17, 15) is 20.2 Å². The fourth-order valence-electron chi connectivity index (χ4n) is 3.90. The molecule has 0 saturated heterocycles. The number of nitriles is 1. The number of aliphatic imine (C=N–C) groups is 1. The molecule has 0 fully saturated rings. The number of esters is 1. The van der Waals surface area contributed by atoms with Gasteiger partial charge in [-0.05, 0) is 43.3 Å². The lowest BCUT2D eigenvalue weighted by Crippen LogP contribution is -2.38. The molecule has 0 saturated carbocycles. The highest BCUT2D eigenvalue weighted by molar-refractivity contribution is 8.17. The topological polar surface area (TPSA) is 148 Å². The summed E-state index contributed by atoms with van der Waals surface area (Å²) in [5.74, 6) is 0.171. The lowest BCUT2D eigenvalue weighted by atomic mass is 9.97. The largest absolute Gasteiger partial charge is 0.463 e. The van der Waals surface area contributed by atoms with E-state index >= 15 is 0 Å². The highest BCUT2D eigenvalue weighted by Gasteiger charge is 2.44. The molecule has 34 heavy (non-hydrogen) atoms. The molecule has 11 heteroatoms. The first-order valence-corrected chi connectivity index (χ1v) is 11.4. The van der Waals surface area contributed by atoms with Crippen molar-refractivity contribution in [2.45, 2.75) is 32.7 Å². The zero-order valence-corrected chi connectivity index (χ0v) is 19.3. The predicted molar refractivity (Wildman–Crippen MR) is 126 cm³/mol. The number of ether oxygens (including phenoxy) is 1. The SMILES string of the molecule is CCCC1=C(C(=O)OCC)[C@H](c2ccc(-c3ccccc3[N+](=O)[O-])o2)N2C(=N1)SC(C#N)=C2N. The predicted octanol–water partition coefficient (Wildman–Crippen LogP) is 4.58. The maximum absolute atomic E-state index is 13.1. The Hall–Kier alpha value is -4.04. The summed E-state index contributed by atoms with van der Waals surface area (Å²) in [6, 6.07) is 10.7. The lowest BCUT2D eigenvalue weighted by Gasteiger charge is -2.33. The van der Waals surface area contributed by atoms with Crippen LogP contribution in [0.3, 0.4) is 0 Å². The summed E-state index contributed by atoms with van der Waals surface area (Å²) in [6.07, 6.45) is 1.22. The number of nitrogens with two attached hydrogens (primary N) is 1. The molecule has 0 spiro atoms. The van der Waals surface area contributed by atoms with E-state index in [-0.39, 0.29) is 34.4 Å². The van der Waals surface area contributed by atoms with Crippen LogP contribution in [0, 0.1) is 21.4 Å². The summed E-state index contributed by atoms with van der Waals surface area (Å²) in [4.78, 5) is 30.6. The molecule has 1 aromatic carbocycles. The number of carbonyl (C=O) groups is 1. The first-order chi connectivity index (χ1) is 16.4. The molecule has 4 rings (SSSR count). The van der Waals surface area contributed by atoms with Crippen LogP contribution in [0.5, 0.6) is 0 Å². The van der Waals surface area contributed by atoms with E-state index in [4.69, 9.17) is 14.9 Å². The number of rotatable bonds is 7. The van der Waals surface area contributed by atoms with Gasteiger partial charge < -0.3 is 14.9 Å². The first-order valence-electron chi connectivity index (χ1n) is 10.6. The number of hydrogen-bond donors (Lipinski definition) is 1. The third-order valence-corrected chi connectivity index (χ3v) is 6.29. The second-order valence-electron chi connectivity index (χ2n) is 7.40. The third-order valence-electron chi connectivity index (χ3n) is 5.31. The average Bonchev–Trinajstić information content (AvgIpc) is 3.43. The monoisotopic (exact) mass is 479 g/mol. The highest BCUT2D eigenvalue weighted by Crippen LogP contribution is 2.47. The number of benzene rings is 1. The number of nitro groups is 1. The quantitative estimate of drug-likeness (QED) is 0.342. The van der Waals surface area contributed by atoms with Crippen molar-refractivity contribution in [3.63, 3.8) is 0 Å². The number of fused-ring (bicyclic) bond motifs is 1. The summed E-state index contributed by atoms with van der Waals surface area (Å²) in [5, 5.41) is 21.5. The Balaban J connectivity index is 1.89. The smallest absolute Gasteiger partial charge is 0.338 e. The van der Waals surface area contributed by atoms with Crippen LogP contribution in [0.4, 0.5) is 5.69 Å². The van der Waals surface area contributed by atoms with Crippen molar-refractivity contribution in [1.29, 1.82) is 5.26 Å². The highest BCUT2D eigenvalue weighted by atomic mass is 32.2. The van der Waals surface area contributed by atoms with Crippen LogP contribution in [0.15, 0.2) is 67.8 Å². The van der Waals surface area contributed by atoms with Gasteiger partial charge >= 0.3 is 5.97 Å². The van der Waals surface area contributed by atoms with Gasteiger partial charge in [0.1, 0.15) is 34.4 Å². The molecule has 0 aliphatic carbocycles. The van der Waals surface area contributed by atoms with Crippen LogP contribution < -0.4 is 5.73 Å². The standard InChI is InChI=1S/C23H21N5O5S/c1-3-7-14-19(22(29)32-4-2)20(27-21(25)18(12-24)34-23(27)26-14)17-11-10-16(33-17)13-8-5-6-9-15(13)28(30)31/h5-6,8-11,20H,3-4,7,25H2,1-2H3/t20-/m0/s1. The van der Waals surface area contributed by atoms with Gasteiger partial charge in [0.25, 0.3) is 5.69 Å². The Morgan fingerprint density at radius 3 is 2.79 bits per heavy atom. The van der Waals surface area contributed by atoms with Crippen molar-refractivity contribution in [2.24, 2.45) is 10.7 Å². The minimum Gasteiger partial charge on any atom is -0.463 e. The van der Waals surface area contributed by atoms with Crippen molar-refractivity contribution < 1.29 is 18.9 Å². The number of carbonyl (C=O) groups excluding carboxylic acids is 1. The maximum Gasteiger partial charge on any atom is 0.338 e. The molecule has 0 unspecified atom stereocenters. The van der Waals surface area contributed by atoms with E-state index in [1.165, 1.54) is 6.07 Å². The minimum absolute atomic E-state index is 0.106. The van der Waals surface area contributed by atoms with Gasteiger partial charge in [0.15, 0.2) is 5.17 Å². The fraction of sp³-hybridized carbons (Fsp3) is 0.261. The van der Waals surface area contributed by atoms with Gasteiger partial charge in [-0.3, -0.25) is 15.0 Å². The number of nitro benzene ring substituents is 1. The Morgan fingerprint density at radius 2 is 2.12 bits per heavy atom. The van der Waals surface area contributed by atoms with Gasteiger partial charge in [0.05, 0.1) is 28.4 Å². The van der Waals surface area contributed by atoms with Gasteiger partial charge in [-0.15, -0.1) is 0 Å². The molecular weight excluding hydrogens is 458 g/mol. The average molecular weight is 480 g/mol. The molecule has 0 bridgehead atoms. The zero-order valence-electron chi connectivity index (χ0n) is 18.5. The van der Waals surface area contributed by atoms with Crippen LogP contribution in [-0.4, -0.2) is 27.6 Å². The molecule has 0 radical (unpaired) electrons. The molecule has 2 aliphatic rings. The number of furan rings is 1. The van der Waals surface area contributed by atoms with E-state index in [0.717, 1.165) is 18.2 Å². The van der Waals surface area contributed by atoms with E-state index in [0.29, 0.717) is 28.6 Å².